The molecule has 0 aromatic heterocycles. The minimum atomic E-state index is -4.62. The third kappa shape index (κ3) is 7.21. The molecule has 2 N–H and O–H groups in total. The Morgan fingerprint density at radius 2 is 1.78 bits per heavy atom. The van der Waals surface area contributed by atoms with E-state index < -0.39 is 29.7 Å². The van der Waals surface area contributed by atoms with Crippen molar-refractivity contribution in [1.29, 1.82) is 0 Å². The van der Waals surface area contributed by atoms with Gasteiger partial charge in [0.25, 0.3) is 5.91 Å². The fraction of sp³-hybridized carbons (Fsp3) is 0.192. The summed E-state index contributed by atoms with van der Waals surface area (Å²) in [6.45, 7) is 3.79. The SMILES string of the molecule is C=C1C=C(Cl)C(C(=O)Nc2ccc(CC(NC(=S)c3ccccc3C(F)(F)F)C(=O)OC)cc2)=C(Cl)C1. The molecule has 2 aromatic rings. The first kappa shape index (κ1) is 28.4. The zero-order chi connectivity index (χ0) is 27.3. The molecule has 5 nitrogen and oxygen atoms in total. The number of halogens is 5. The van der Waals surface area contributed by atoms with Crippen LogP contribution in [0.15, 0.2) is 82.4 Å². The van der Waals surface area contributed by atoms with Crippen molar-refractivity contribution in [3.63, 3.8) is 0 Å². The number of thiocarbonyl (C=S) groups is 1. The Kier molecular flexibility index (Phi) is 9.17. The van der Waals surface area contributed by atoms with Crippen LogP contribution in [0.5, 0.6) is 0 Å². The van der Waals surface area contributed by atoms with Gasteiger partial charge in [-0.15, -0.1) is 0 Å². The van der Waals surface area contributed by atoms with Crippen LogP contribution in [0, 0.1) is 0 Å². The minimum absolute atomic E-state index is 0.0584. The van der Waals surface area contributed by atoms with E-state index in [4.69, 9.17) is 40.2 Å². The third-order valence-electron chi connectivity index (χ3n) is 5.37. The highest BCUT2D eigenvalue weighted by Gasteiger charge is 2.34. The summed E-state index contributed by atoms with van der Waals surface area (Å²) < 4.78 is 45.0. The number of ether oxygens (including phenoxy) is 1. The van der Waals surface area contributed by atoms with E-state index in [9.17, 15) is 22.8 Å². The smallest absolute Gasteiger partial charge is 0.417 e. The molecule has 0 saturated heterocycles. The van der Waals surface area contributed by atoms with E-state index in [2.05, 4.69) is 17.2 Å². The van der Waals surface area contributed by atoms with Crippen LogP contribution in [-0.2, 0) is 26.9 Å². The molecule has 0 fully saturated rings. The normalized spacial score (nSPS) is 14.5. The standard InChI is InChI=1S/C26H21Cl2F3N2O3S/c1-14-11-19(27)22(20(28)12-14)23(34)32-16-9-7-15(8-10-16)13-21(25(35)36-2)33-24(37)17-5-3-4-6-18(17)26(29,30)31/h3-11,21H,1,12-13H2,2H3,(H,32,34)(H,33,37). The maximum atomic E-state index is 13.4. The highest BCUT2D eigenvalue weighted by Crippen LogP contribution is 2.34. The Balaban J connectivity index is 1.73. The summed E-state index contributed by atoms with van der Waals surface area (Å²) in [6.07, 6.45) is -2.67. The summed E-state index contributed by atoms with van der Waals surface area (Å²) in [5.74, 6) is -1.19. The molecule has 0 heterocycles. The quantitative estimate of drug-likeness (QED) is 0.304. The lowest BCUT2D eigenvalue weighted by atomic mass is 10.0. The number of benzene rings is 2. The molecule has 0 aliphatic heterocycles. The molecule has 1 atom stereocenters. The van der Waals surface area contributed by atoms with Crippen LogP contribution in [0.3, 0.4) is 0 Å². The molecular weight excluding hydrogens is 548 g/mol. The molecule has 0 bridgehead atoms. The van der Waals surface area contributed by atoms with Gasteiger partial charge in [-0.2, -0.15) is 13.2 Å². The molecule has 0 spiro atoms. The second-order valence-electron chi connectivity index (χ2n) is 8.05. The number of esters is 1. The van der Waals surface area contributed by atoms with Crippen molar-refractivity contribution in [2.75, 3.05) is 12.4 Å². The highest BCUT2D eigenvalue weighted by molar-refractivity contribution is 7.80. The molecule has 2 aromatic carbocycles. The Morgan fingerprint density at radius 3 is 2.38 bits per heavy atom. The Morgan fingerprint density at radius 1 is 1.14 bits per heavy atom. The van der Waals surface area contributed by atoms with E-state index in [1.54, 1.807) is 30.3 Å². The molecule has 194 valence electrons. The van der Waals surface area contributed by atoms with E-state index in [0.717, 1.165) is 6.07 Å². The van der Waals surface area contributed by atoms with Gasteiger partial charge in [0.1, 0.15) is 11.0 Å². The molecule has 3 rings (SSSR count). The topological polar surface area (TPSA) is 67.4 Å². The van der Waals surface area contributed by atoms with Crippen molar-refractivity contribution in [2.45, 2.75) is 25.1 Å². The van der Waals surface area contributed by atoms with Gasteiger partial charge in [0.05, 0.1) is 23.3 Å². The van der Waals surface area contributed by atoms with Gasteiger partial charge in [0, 0.05) is 29.1 Å². The zero-order valence-corrected chi connectivity index (χ0v) is 21.7. The van der Waals surface area contributed by atoms with Crippen molar-refractivity contribution in [2.24, 2.45) is 0 Å². The second kappa shape index (κ2) is 11.9. The van der Waals surface area contributed by atoms with Gasteiger partial charge >= 0.3 is 12.1 Å². The van der Waals surface area contributed by atoms with Gasteiger partial charge in [-0.3, -0.25) is 4.79 Å². The predicted octanol–water partition coefficient (Wildman–Crippen LogP) is 6.27. The van der Waals surface area contributed by atoms with E-state index in [1.807, 2.05) is 0 Å². The molecule has 11 heteroatoms. The summed E-state index contributed by atoms with van der Waals surface area (Å²) in [5.41, 5.74) is 0.759. The Hall–Kier alpha value is -3.14. The number of alkyl halides is 3. The largest absolute Gasteiger partial charge is 0.467 e. The number of rotatable bonds is 7. The van der Waals surface area contributed by atoms with Crippen molar-refractivity contribution < 1.29 is 27.5 Å². The van der Waals surface area contributed by atoms with E-state index in [-0.39, 0.29) is 32.6 Å². The van der Waals surface area contributed by atoms with Crippen molar-refractivity contribution in [3.05, 3.63) is 99.1 Å². The number of carbonyl (C=O) groups is 2. The van der Waals surface area contributed by atoms with Crippen LogP contribution in [-0.4, -0.2) is 30.0 Å². The lowest BCUT2D eigenvalue weighted by Gasteiger charge is -2.20. The van der Waals surface area contributed by atoms with E-state index in [0.29, 0.717) is 23.2 Å². The summed E-state index contributed by atoms with van der Waals surface area (Å²) in [7, 11) is 1.17. The van der Waals surface area contributed by atoms with Crippen molar-refractivity contribution >= 4 is 58.0 Å². The maximum Gasteiger partial charge on any atom is 0.417 e. The molecule has 1 aliphatic rings. The first-order chi connectivity index (χ1) is 17.4. The predicted molar refractivity (Wildman–Crippen MR) is 141 cm³/mol. The summed E-state index contributed by atoms with van der Waals surface area (Å²) in [5, 5.41) is 5.86. The van der Waals surface area contributed by atoms with Crippen LogP contribution in [0.2, 0.25) is 0 Å². The lowest BCUT2D eigenvalue weighted by Crippen LogP contribution is -2.43. The monoisotopic (exact) mass is 568 g/mol. The van der Waals surface area contributed by atoms with Crippen molar-refractivity contribution in [1.82, 2.24) is 5.32 Å². The first-order valence-electron chi connectivity index (χ1n) is 10.8. The molecule has 1 amide bonds. The van der Waals surface area contributed by atoms with Crippen LogP contribution >= 0.6 is 35.4 Å². The maximum absolute atomic E-state index is 13.4. The van der Waals surface area contributed by atoms with Crippen LogP contribution in [0.1, 0.15) is 23.1 Å². The summed E-state index contributed by atoms with van der Waals surface area (Å²) in [6, 6.07) is 10.3. The fourth-order valence-corrected chi connectivity index (χ4v) is 4.69. The third-order valence-corrected chi connectivity index (χ3v) is 6.33. The molecule has 0 radical (unpaired) electrons. The van der Waals surface area contributed by atoms with Gasteiger partial charge in [0.2, 0.25) is 0 Å². The lowest BCUT2D eigenvalue weighted by molar-refractivity contribution is -0.142. The number of methoxy groups -OCH3 is 1. The number of amides is 1. The Bertz CT molecular complexity index is 1300. The Labute approximate surface area is 227 Å². The number of hydrogen-bond donors (Lipinski definition) is 2. The van der Waals surface area contributed by atoms with Crippen LogP contribution < -0.4 is 10.6 Å². The molecular formula is C26H21Cl2F3N2O3S. The van der Waals surface area contributed by atoms with Gasteiger partial charge in [-0.1, -0.05) is 72.3 Å². The molecule has 1 aliphatic carbocycles. The minimum Gasteiger partial charge on any atom is -0.467 e. The number of carbonyl (C=O) groups excluding carboxylic acids is 2. The molecule has 0 saturated carbocycles. The first-order valence-corrected chi connectivity index (χ1v) is 12.0. The van der Waals surface area contributed by atoms with Crippen LogP contribution in [0.4, 0.5) is 18.9 Å². The molecule has 1 unspecified atom stereocenters. The fourth-order valence-electron chi connectivity index (χ4n) is 3.60. The number of hydrogen-bond acceptors (Lipinski definition) is 4. The summed E-state index contributed by atoms with van der Waals surface area (Å²) in [4.78, 5) is 24.8. The summed E-state index contributed by atoms with van der Waals surface area (Å²) >= 11 is 17.5. The average Bonchev–Trinajstić information content (AvgIpc) is 2.83. The van der Waals surface area contributed by atoms with E-state index in [1.165, 1.54) is 25.3 Å². The average molecular weight is 569 g/mol. The molecule has 37 heavy (non-hydrogen) atoms. The van der Waals surface area contributed by atoms with Gasteiger partial charge in [0.15, 0.2) is 0 Å². The highest BCUT2D eigenvalue weighted by atomic mass is 35.5. The van der Waals surface area contributed by atoms with E-state index >= 15 is 0 Å². The zero-order valence-electron chi connectivity index (χ0n) is 19.4. The van der Waals surface area contributed by atoms with Crippen LogP contribution in [0.25, 0.3) is 0 Å². The number of anilines is 1. The number of nitrogens with one attached hydrogen (secondary N) is 2. The number of allylic oxidation sites excluding steroid dienone is 3. The van der Waals surface area contributed by atoms with Crippen molar-refractivity contribution in [3.8, 4) is 0 Å². The van der Waals surface area contributed by atoms with Gasteiger partial charge in [-0.05, 0) is 35.4 Å². The second-order valence-corrected chi connectivity index (χ2v) is 9.33. The van der Waals surface area contributed by atoms with Gasteiger partial charge in [-0.25, -0.2) is 4.79 Å². The van der Waals surface area contributed by atoms with Gasteiger partial charge < -0.3 is 15.4 Å².